The van der Waals surface area contributed by atoms with Crippen molar-refractivity contribution in [1.29, 1.82) is 0 Å². The number of carboxylic acids is 1. The molecule has 1 heterocycles. The van der Waals surface area contributed by atoms with Crippen molar-refractivity contribution in [3.8, 4) is 0 Å². The number of aliphatic carboxylic acids is 1. The van der Waals surface area contributed by atoms with E-state index < -0.39 is 23.8 Å². The van der Waals surface area contributed by atoms with Gasteiger partial charge in [0.05, 0.1) is 5.92 Å². The SMILES string of the molecule is CCC[C@@H](C(=O)O)N1CC(C(N)=O)CC1=O. The van der Waals surface area contributed by atoms with Gasteiger partial charge in [-0.3, -0.25) is 9.59 Å². The molecule has 2 amide bonds. The van der Waals surface area contributed by atoms with Crippen molar-refractivity contribution in [2.75, 3.05) is 6.54 Å². The number of likely N-dealkylation sites (tertiary alicyclic amines) is 1. The van der Waals surface area contributed by atoms with Crippen LogP contribution in [0.4, 0.5) is 0 Å². The molecular weight excluding hydrogens is 212 g/mol. The highest BCUT2D eigenvalue weighted by atomic mass is 16.4. The fourth-order valence-electron chi connectivity index (χ4n) is 1.91. The fraction of sp³-hybridized carbons (Fsp3) is 0.700. The quantitative estimate of drug-likeness (QED) is 0.666. The van der Waals surface area contributed by atoms with Crippen molar-refractivity contribution < 1.29 is 19.5 Å². The van der Waals surface area contributed by atoms with Gasteiger partial charge in [-0.1, -0.05) is 13.3 Å². The van der Waals surface area contributed by atoms with Gasteiger partial charge in [0.2, 0.25) is 11.8 Å². The van der Waals surface area contributed by atoms with Crippen LogP contribution in [-0.4, -0.2) is 40.4 Å². The van der Waals surface area contributed by atoms with Gasteiger partial charge >= 0.3 is 5.97 Å². The minimum absolute atomic E-state index is 0.0306. The molecule has 0 aliphatic carbocycles. The molecule has 16 heavy (non-hydrogen) atoms. The van der Waals surface area contributed by atoms with Gasteiger partial charge in [-0.05, 0) is 6.42 Å². The summed E-state index contributed by atoms with van der Waals surface area (Å²) in [6, 6.07) is -0.832. The lowest BCUT2D eigenvalue weighted by atomic mass is 10.1. The van der Waals surface area contributed by atoms with E-state index in [1.165, 1.54) is 4.90 Å². The summed E-state index contributed by atoms with van der Waals surface area (Å²) in [7, 11) is 0. The predicted molar refractivity (Wildman–Crippen MR) is 55.3 cm³/mol. The number of carboxylic acid groups (broad SMARTS) is 1. The van der Waals surface area contributed by atoms with Crippen LogP contribution in [0.1, 0.15) is 26.2 Å². The van der Waals surface area contributed by atoms with E-state index in [0.717, 1.165) is 0 Å². The van der Waals surface area contributed by atoms with Crippen molar-refractivity contribution in [3.05, 3.63) is 0 Å². The standard InChI is InChI=1S/C10H16N2O4/c1-2-3-7(10(15)16)12-5-6(9(11)14)4-8(12)13/h6-7H,2-5H2,1H3,(H2,11,14)(H,15,16)/t6?,7-/m0/s1. The number of hydrogen-bond acceptors (Lipinski definition) is 3. The lowest BCUT2D eigenvalue weighted by Crippen LogP contribution is -2.42. The highest BCUT2D eigenvalue weighted by molar-refractivity contribution is 5.91. The Labute approximate surface area is 93.4 Å². The lowest BCUT2D eigenvalue weighted by Gasteiger charge is -2.23. The smallest absolute Gasteiger partial charge is 0.326 e. The number of hydrogen-bond donors (Lipinski definition) is 2. The Bertz CT molecular complexity index is 316. The van der Waals surface area contributed by atoms with Gasteiger partial charge in [0, 0.05) is 13.0 Å². The van der Waals surface area contributed by atoms with Gasteiger partial charge in [-0.2, -0.15) is 0 Å². The molecule has 6 heteroatoms. The molecule has 0 aromatic rings. The first-order chi connectivity index (χ1) is 7.47. The molecule has 3 N–H and O–H groups in total. The number of amides is 2. The summed E-state index contributed by atoms with van der Waals surface area (Å²) >= 11 is 0. The number of carbonyl (C=O) groups excluding carboxylic acids is 2. The number of primary amides is 1. The van der Waals surface area contributed by atoms with Gasteiger partial charge in [0.15, 0.2) is 0 Å². The van der Waals surface area contributed by atoms with E-state index in [1.807, 2.05) is 6.92 Å². The molecule has 1 unspecified atom stereocenters. The number of nitrogens with two attached hydrogens (primary N) is 1. The molecule has 0 spiro atoms. The van der Waals surface area contributed by atoms with Crippen molar-refractivity contribution >= 4 is 17.8 Å². The third-order valence-electron chi connectivity index (χ3n) is 2.78. The van der Waals surface area contributed by atoms with Crippen LogP contribution in [0.15, 0.2) is 0 Å². The van der Waals surface area contributed by atoms with Gasteiger partial charge < -0.3 is 15.7 Å². The van der Waals surface area contributed by atoms with Gasteiger partial charge in [0.1, 0.15) is 6.04 Å². The Hall–Kier alpha value is -1.59. The normalized spacial score (nSPS) is 22.2. The summed E-state index contributed by atoms with van der Waals surface area (Å²) in [6.45, 7) is 1.98. The number of carbonyl (C=O) groups is 3. The summed E-state index contributed by atoms with van der Waals surface area (Å²) in [5.41, 5.74) is 5.11. The maximum atomic E-state index is 11.6. The highest BCUT2D eigenvalue weighted by Crippen LogP contribution is 2.22. The molecule has 0 radical (unpaired) electrons. The van der Waals surface area contributed by atoms with Crippen LogP contribution >= 0.6 is 0 Å². The maximum Gasteiger partial charge on any atom is 0.326 e. The van der Waals surface area contributed by atoms with E-state index in [-0.39, 0.29) is 18.9 Å². The minimum Gasteiger partial charge on any atom is -0.480 e. The second-order valence-corrected chi connectivity index (χ2v) is 3.99. The van der Waals surface area contributed by atoms with E-state index in [9.17, 15) is 14.4 Å². The first kappa shape index (κ1) is 12.5. The fourth-order valence-corrected chi connectivity index (χ4v) is 1.91. The van der Waals surface area contributed by atoms with Crippen LogP contribution in [0.5, 0.6) is 0 Å². The molecule has 1 fully saturated rings. The van der Waals surface area contributed by atoms with Gasteiger partial charge in [0.25, 0.3) is 0 Å². The summed E-state index contributed by atoms with van der Waals surface area (Å²) in [4.78, 5) is 34.7. The zero-order chi connectivity index (χ0) is 12.3. The Morgan fingerprint density at radius 2 is 2.25 bits per heavy atom. The van der Waals surface area contributed by atoms with Crippen LogP contribution in [0.2, 0.25) is 0 Å². The molecule has 0 bridgehead atoms. The van der Waals surface area contributed by atoms with Gasteiger partial charge in [-0.15, -0.1) is 0 Å². The van der Waals surface area contributed by atoms with E-state index >= 15 is 0 Å². The molecule has 2 atom stereocenters. The zero-order valence-electron chi connectivity index (χ0n) is 9.18. The minimum atomic E-state index is -1.03. The Morgan fingerprint density at radius 1 is 1.62 bits per heavy atom. The molecular formula is C10H16N2O4. The Morgan fingerprint density at radius 3 is 2.62 bits per heavy atom. The average Bonchev–Trinajstić information content (AvgIpc) is 2.56. The maximum absolute atomic E-state index is 11.6. The number of rotatable bonds is 5. The van der Waals surface area contributed by atoms with Crippen molar-refractivity contribution in [2.24, 2.45) is 11.7 Å². The van der Waals surface area contributed by atoms with Crippen LogP contribution in [0, 0.1) is 5.92 Å². The first-order valence-electron chi connectivity index (χ1n) is 5.29. The number of nitrogens with zero attached hydrogens (tertiary/aromatic N) is 1. The molecule has 0 aromatic carbocycles. The molecule has 1 aliphatic heterocycles. The van der Waals surface area contributed by atoms with Crippen LogP contribution in [0.25, 0.3) is 0 Å². The van der Waals surface area contributed by atoms with Crippen LogP contribution in [0.3, 0.4) is 0 Å². The summed E-state index contributed by atoms with van der Waals surface area (Å²) in [5, 5.41) is 9.00. The monoisotopic (exact) mass is 228 g/mol. The summed E-state index contributed by atoms with van der Waals surface area (Å²) < 4.78 is 0. The molecule has 1 aliphatic rings. The predicted octanol–water partition coefficient (Wildman–Crippen LogP) is -0.426. The second kappa shape index (κ2) is 4.96. The summed E-state index contributed by atoms with van der Waals surface area (Å²) in [5.74, 6) is -2.42. The van der Waals surface area contributed by atoms with Crippen LogP contribution in [-0.2, 0) is 14.4 Å². The molecule has 1 rings (SSSR count). The van der Waals surface area contributed by atoms with Crippen LogP contribution < -0.4 is 5.73 Å². The molecule has 6 nitrogen and oxygen atoms in total. The highest BCUT2D eigenvalue weighted by Gasteiger charge is 2.39. The average molecular weight is 228 g/mol. The van der Waals surface area contributed by atoms with E-state index in [0.29, 0.717) is 12.8 Å². The molecule has 90 valence electrons. The van der Waals surface area contributed by atoms with E-state index in [2.05, 4.69) is 0 Å². The van der Waals surface area contributed by atoms with Crippen molar-refractivity contribution in [3.63, 3.8) is 0 Å². The van der Waals surface area contributed by atoms with Crippen molar-refractivity contribution in [1.82, 2.24) is 4.90 Å². The second-order valence-electron chi connectivity index (χ2n) is 3.99. The first-order valence-corrected chi connectivity index (χ1v) is 5.29. The van der Waals surface area contributed by atoms with E-state index in [1.54, 1.807) is 0 Å². The Kier molecular flexibility index (Phi) is 3.87. The largest absolute Gasteiger partial charge is 0.480 e. The van der Waals surface area contributed by atoms with E-state index in [4.69, 9.17) is 10.8 Å². The van der Waals surface area contributed by atoms with Crippen molar-refractivity contribution in [2.45, 2.75) is 32.2 Å². The summed E-state index contributed by atoms with van der Waals surface area (Å²) in [6.07, 6.45) is 1.09. The topological polar surface area (TPSA) is 101 Å². The molecule has 1 saturated heterocycles. The third kappa shape index (κ3) is 2.50. The van der Waals surface area contributed by atoms with Gasteiger partial charge in [-0.25, -0.2) is 4.79 Å². The Balaban J connectivity index is 2.75. The lowest BCUT2D eigenvalue weighted by molar-refractivity contribution is -0.148. The third-order valence-corrected chi connectivity index (χ3v) is 2.78. The molecule has 0 aromatic heterocycles. The molecule has 0 saturated carbocycles. The zero-order valence-corrected chi connectivity index (χ0v) is 9.18.